The fourth-order valence-electron chi connectivity index (χ4n) is 3.72. The van der Waals surface area contributed by atoms with Crippen molar-refractivity contribution in [2.45, 2.75) is 24.7 Å². The molecule has 0 saturated carbocycles. The van der Waals surface area contributed by atoms with Gasteiger partial charge in [-0.25, -0.2) is 13.2 Å². The van der Waals surface area contributed by atoms with Gasteiger partial charge in [0.1, 0.15) is 10.6 Å². The van der Waals surface area contributed by atoms with Crippen LogP contribution in [0.5, 0.6) is 0 Å². The summed E-state index contributed by atoms with van der Waals surface area (Å²) in [6.45, 7) is 2.97. The van der Waals surface area contributed by atoms with E-state index in [1.165, 1.54) is 39.9 Å². The van der Waals surface area contributed by atoms with Crippen molar-refractivity contribution < 1.29 is 22.7 Å². The first-order valence-corrected chi connectivity index (χ1v) is 13.0. The van der Waals surface area contributed by atoms with Crippen LogP contribution in [0.15, 0.2) is 64.9 Å². The van der Waals surface area contributed by atoms with Crippen molar-refractivity contribution in [2.24, 2.45) is 0 Å². The number of carbonyl (C=O) groups excluding carboxylic acids is 2. The quantitative estimate of drug-likeness (QED) is 0.494. The Balaban J connectivity index is 1.58. The van der Waals surface area contributed by atoms with Crippen LogP contribution < -0.4 is 5.32 Å². The Hall–Kier alpha value is -3.01. The molecule has 0 radical (unpaired) electrons. The van der Waals surface area contributed by atoms with Crippen molar-refractivity contribution in [3.63, 3.8) is 0 Å². The maximum atomic E-state index is 12.9. The van der Waals surface area contributed by atoms with Gasteiger partial charge >= 0.3 is 5.97 Å². The van der Waals surface area contributed by atoms with Crippen molar-refractivity contribution in [1.82, 2.24) is 4.31 Å². The van der Waals surface area contributed by atoms with Crippen molar-refractivity contribution >= 4 is 38.2 Å². The minimum Gasteiger partial charge on any atom is -0.462 e. The number of esters is 1. The van der Waals surface area contributed by atoms with Gasteiger partial charge in [0.15, 0.2) is 0 Å². The van der Waals surface area contributed by atoms with Crippen LogP contribution in [0.2, 0.25) is 0 Å². The zero-order valence-electron chi connectivity index (χ0n) is 18.1. The number of benzene rings is 2. The van der Waals surface area contributed by atoms with Crippen LogP contribution in [0.1, 0.15) is 40.5 Å². The lowest BCUT2D eigenvalue weighted by Gasteiger charge is -2.15. The Morgan fingerprint density at radius 3 is 2.33 bits per heavy atom. The average Bonchev–Trinajstić information content (AvgIpc) is 3.51. The summed E-state index contributed by atoms with van der Waals surface area (Å²) in [5.74, 6) is -0.952. The smallest absolute Gasteiger partial charge is 0.341 e. The third-order valence-corrected chi connectivity index (χ3v) is 8.21. The first kappa shape index (κ1) is 23.2. The second kappa shape index (κ2) is 9.86. The van der Waals surface area contributed by atoms with Crippen LogP contribution >= 0.6 is 11.3 Å². The standard InChI is InChI=1S/C24H24N2O5S2/c1-2-31-24(28)21-20(17-8-4-3-5-9-17)16-32-23(21)25-22(27)18-10-12-19(13-11-18)33(29,30)26-14-6-7-15-26/h3-5,8-13,16H,2,6-7,14-15H2,1H3,(H,25,27). The van der Waals surface area contributed by atoms with Gasteiger partial charge < -0.3 is 10.1 Å². The topological polar surface area (TPSA) is 92.8 Å². The molecule has 3 aromatic rings. The fourth-order valence-corrected chi connectivity index (χ4v) is 6.19. The Morgan fingerprint density at radius 1 is 1.03 bits per heavy atom. The van der Waals surface area contributed by atoms with E-state index < -0.39 is 21.9 Å². The van der Waals surface area contributed by atoms with Crippen LogP contribution in [0.25, 0.3) is 11.1 Å². The highest BCUT2D eigenvalue weighted by molar-refractivity contribution is 7.89. The molecular formula is C24H24N2O5S2. The molecule has 0 atom stereocenters. The molecule has 1 aromatic heterocycles. The van der Waals surface area contributed by atoms with E-state index in [0.29, 0.717) is 34.8 Å². The molecule has 9 heteroatoms. The van der Waals surface area contributed by atoms with E-state index in [4.69, 9.17) is 4.74 Å². The normalized spacial score (nSPS) is 14.2. The molecule has 33 heavy (non-hydrogen) atoms. The molecular weight excluding hydrogens is 460 g/mol. The van der Waals surface area contributed by atoms with E-state index in [0.717, 1.165) is 18.4 Å². The number of sulfonamides is 1. The number of ether oxygens (including phenoxy) is 1. The number of anilines is 1. The van der Waals surface area contributed by atoms with E-state index in [2.05, 4.69) is 5.32 Å². The number of hydrogen-bond acceptors (Lipinski definition) is 6. The molecule has 4 rings (SSSR count). The lowest BCUT2D eigenvalue weighted by molar-refractivity contribution is 0.0529. The molecule has 1 aliphatic rings. The highest BCUT2D eigenvalue weighted by Gasteiger charge is 2.27. The SMILES string of the molecule is CCOC(=O)c1c(-c2ccccc2)csc1NC(=O)c1ccc(S(=O)(=O)N2CCCC2)cc1. The van der Waals surface area contributed by atoms with Gasteiger partial charge in [-0.3, -0.25) is 4.79 Å². The van der Waals surface area contributed by atoms with Crippen molar-refractivity contribution in [3.05, 3.63) is 71.1 Å². The van der Waals surface area contributed by atoms with Gasteiger partial charge in [-0.1, -0.05) is 30.3 Å². The minimum atomic E-state index is -3.55. The van der Waals surface area contributed by atoms with Crippen LogP contribution in [0, 0.1) is 0 Å². The Bertz CT molecular complexity index is 1250. The first-order chi connectivity index (χ1) is 15.9. The molecule has 1 aliphatic heterocycles. The van der Waals surface area contributed by atoms with E-state index in [9.17, 15) is 18.0 Å². The molecule has 0 aliphatic carbocycles. The monoisotopic (exact) mass is 484 g/mol. The highest BCUT2D eigenvalue weighted by Crippen LogP contribution is 2.36. The van der Waals surface area contributed by atoms with Crippen LogP contribution in [0.3, 0.4) is 0 Å². The molecule has 0 bridgehead atoms. The second-order valence-electron chi connectivity index (χ2n) is 7.53. The third kappa shape index (κ3) is 4.85. The fraction of sp³-hybridized carbons (Fsp3) is 0.250. The number of thiophene rings is 1. The largest absolute Gasteiger partial charge is 0.462 e. The average molecular weight is 485 g/mol. The Labute approximate surface area is 197 Å². The summed E-state index contributed by atoms with van der Waals surface area (Å²) >= 11 is 1.24. The Morgan fingerprint density at radius 2 is 1.70 bits per heavy atom. The molecule has 172 valence electrons. The summed E-state index contributed by atoms with van der Waals surface area (Å²) in [6.07, 6.45) is 1.71. The van der Waals surface area contributed by atoms with Gasteiger partial charge in [0.05, 0.1) is 11.5 Å². The predicted octanol–water partition coefficient (Wildman–Crippen LogP) is 4.63. The molecule has 0 spiro atoms. The maximum Gasteiger partial charge on any atom is 0.341 e. The van der Waals surface area contributed by atoms with Gasteiger partial charge in [0, 0.05) is 29.6 Å². The molecule has 1 fully saturated rings. The van der Waals surface area contributed by atoms with Gasteiger partial charge in [0.25, 0.3) is 5.91 Å². The molecule has 2 heterocycles. The highest BCUT2D eigenvalue weighted by atomic mass is 32.2. The maximum absolute atomic E-state index is 12.9. The second-order valence-corrected chi connectivity index (χ2v) is 10.3. The number of amides is 1. The van der Waals surface area contributed by atoms with E-state index in [1.807, 2.05) is 35.7 Å². The summed E-state index contributed by atoms with van der Waals surface area (Å²) in [5.41, 5.74) is 2.12. The molecule has 1 amide bonds. The number of carbonyl (C=O) groups is 2. The van der Waals surface area contributed by atoms with E-state index in [-0.39, 0.29) is 11.5 Å². The summed E-state index contributed by atoms with van der Waals surface area (Å²) in [4.78, 5) is 25.7. The summed E-state index contributed by atoms with van der Waals surface area (Å²) in [7, 11) is -3.55. The van der Waals surface area contributed by atoms with E-state index >= 15 is 0 Å². The third-order valence-electron chi connectivity index (χ3n) is 5.40. The molecule has 1 saturated heterocycles. The number of nitrogens with zero attached hydrogens (tertiary/aromatic N) is 1. The van der Waals surface area contributed by atoms with Crippen molar-refractivity contribution in [3.8, 4) is 11.1 Å². The van der Waals surface area contributed by atoms with Gasteiger partial charge in [-0.2, -0.15) is 4.31 Å². The number of hydrogen-bond donors (Lipinski definition) is 1. The molecule has 2 aromatic carbocycles. The summed E-state index contributed by atoms with van der Waals surface area (Å²) in [6, 6.07) is 15.2. The summed E-state index contributed by atoms with van der Waals surface area (Å²) < 4.78 is 32.1. The first-order valence-electron chi connectivity index (χ1n) is 10.7. The van der Waals surface area contributed by atoms with Crippen LogP contribution in [-0.4, -0.2) is 44.3 Å². The van der Waals surface area contributed by atoms with E-state index in [1.54, 1.807) is 6.92 Å². The van der Waals surface area contributed by atoms with Gasteiger partial charge in [-0.05, 0) is 49.6 Å². The zero-order valence-corrected chi connectivity index (χ0v) is 19.7. The lowest BCUT2D eigenvalue weighted by Crippen LogP contribution is -2.27. The van der Waals surface area contributed by atoms with Gasteiger partial charge in [-0.15, -0.1) is 11.3 Å². The lowest BCUT2D eigenvalue weighted by atomic mass is 10.0. The molecule has 7 nitrogen and oxygen atoms in total. The number of nitrogens with one attached hydrogen (secondary N) is 1. The predicted molar refractivity (Wildman–Crippen MR) is 128 cm³/mol. The van der Waals surface area contributed by atoms with Crippen molar-refractivity contribution in [2.75, 3.05) is 25.0 Å². The van der Waals surface area contributed by atoms with Gasteiger partial charge in [0.2, 0.25) is 10.0 Å². The molecule has 0 unspecified atom stereocenters. The van der Waals surface area contributed by atoms with Crippen molar-refractivity contribution in [1.29, 1.82) is 0 Å². The van der Waals surface area contributed by atoms with Crippen LogP contribution in [-0.2, 0) is 14.8 Å². The zero-order chi connectivity index (χ0) is 23.4. The Kier molecular flexibility index (Phi) is 6.92. The summed E-state index contributed by atoms with van der Waals surface area (Å²) in [5, 5.41) is 4.98. The number of rotatable bonds is 7. The van der Waals surface area contributed by atoms with Crippen LogP contribution in [0.4, 0.5) is 5.00 Å². The minimum absolute atomic E-state index is 0.163. The molecule has 1 N–H and O–H groups in total.